The van der Waals surface area contributed by atoms with E-state index < -0.39 is 5.97 Å². The highest BCUT2D eigenvalue weighted by Gasteiger charge is 2.16. The molecule has 5 nitrogen and oxygen atoms in total. The Hall–Kier alpha value is -2.95. The molecule has 0 amide bonds. The summed E-state index contributed by atoms with van der Waals surface area (Å²) in [6, 6.07) is 12.9. The van der Waals surface area contributed by atoms with E-state index in [1.165, 1.54) is 0 Å². The lowest BCUT2D eigenvalue weighted by Crippen LogP contribution is -2.23. The average Bonchev–Trinajstić information content (AvgIpc) is 2.87. The molecule has 0 N–H and O–H groups in total. The molecule has 1 heterocycles. The molecule has 0 spiro atoms. The Morgan fingerprint density at radius 1 is 1.12 bits per heavy atom. The average molecular weight is 324 g/mol. The first kappa shape index (κ1) is 15.9. The first-order valence-corrected chi connectivity index (χ1v) is 7.70. The number of nitrogens with zero attached hydrogens (tertiary/aromatic N) is 1. The molecule has 24 heavy (non-hydrogen) atoms. The van der Waals surface area contributed by atoms with E-state index in [1.54, 1.807) is 20.1 Å². The van der Waals surface area contributed by atoms with Crippen LogP contribution in [0.4, 0.5) is 0 Å². The fourth-order valence-corrected chi connectivity index (χ4v) is 2.97. The van der Waals surface area contributed by atoms with Gasteiger partial charge in [0.2, 0.25) is 0 Å². The number of rotatable bonds is 5. The molecular weight excluding hydrogens is 306 g/mol. The molecule has 0 atom stereocenters. The summed E-state index contributed by atoms with van der Waals surface area (Å²) in [6.07, 6.45) is 0. The number of carbonyl (C=O) groups excluding carboxylic acids is 1. The molecule has 2 aromatic carbocycles. The number of methoxy groups -OCH3 is 1. The molecule has 3 aromatic rings. The van der Waals surface area contributed by atoms with E-state index in [2.05, 4.69) is 0 Å². The van der Waals surface area contributed by atoms with Crippen molar-refractivity contribution in [3.63, 3.8) is 0 Å². The van der Waals surface area contributed by atoms with Crippen LogP contribution in [0.5, 0.6) is 11.5 Å². The quantitative estimate of drug-likeness (QED) is 0.724. The molecule has 0 aliphatic rings. The van der Waals surface area contributed by atoms with E-state index in [9.17, 15) is 9.90 Å². The van der Waals surface area contributed by atoms with Crippen molar-refractivity contribution in [2.24, 2.45) is 0 Å². The zero-order chi connectivity index (χ0) is 17.3. The van der Waals surface area contributed by atoms with E-state index in [0.29, 0.717) is 23.4 Å². The van der Waals surface area contributed by atoms with Gasteiger partial charge in [0.1, 0.15) is 11.5 Å². The standard InChI is InChI=1S/C19H19NO4/c1-4-24-14-7-5-13(6-8-14)20-12(2)18(19(21)22)16-11-15(23-3)9-10-17(16)20/h5-11H,4H2,1-3H3,(H,21,22)/p-1. The molecule has 3 rings (SSSR count). The lowest BCUT2D eigenvalue weighted by Gasteiger charge is -2.10. The van der Waals surface area contributed by atoms with E-state index >= 15 is 0 Å². The van der Waals surface area contributed by atoms with Gasteiger partial charge in [0.15, 0.2) is 0 Å². The third-order valence-electron chi connectivity index (χ3n) is 4.02. The molecule has 0 saturated heterocycles. The second-order valence-electron chi connectivity index (χ2n) is 5.39. The summed E-state index contributed by atoms with van der Waals surface area (Å²) in [5.41, 5.74) is 2.44. The monoisotopic (exact) mass is 324 g/mol. The second kappa shape index (κ2) is 6.28. The fourth-order valence-electron chi connectivity index (χ4n) is 2.97. The van der Waals surface area contributed by atoms with Gasteiger partial charge in [-0.15, -0.1) is 0 Å². The van der Waals surface area contributed by atoms with E-state index in [-0.39, 0.29) is 5.56 Å². The number of aromatic carboxylic acids is 1. The van der Waals surface area contributed by atoms with Crippen LogP contribution in [0.1, 0.15) is 23.0 Å². The van der Waals surface area contributed by atoms with Crippen LogP contribution in [0.15, 0.2) is 42.5 Å². The molecule has 0 bridgehead atoms. The normalized spacial score (nSPS) is 10.8. The van der Waals surface area contributed by atoms with Crippen molar-refractivity contribution >= 4 is 16.9 Å². The van der Waals surface area contributed by atoms with Gasteiger partial charge in [0.05, 0.1) is 25.2 Å². The first-order chi connectivity index (χ1) is 11.6. The van der Waals surface area contributed by atoms with Crippen molar-refractivity contribution in [2.45, 2.75) is 13.8 Å². The molecule has 0 aliphatic heterocycles. The zero-order valence-corrected chi connectivity index (χ0v) is 13.8. The summed E-state index contributed by atoms with van der Waals surface area (Å²) in [5.74, 6) is 0.182. The molecule has 124 valence electrons. The summed E-state index contributed by atoms with van der Waals surface area (Å²) in [7, 11) is 1.55. The minimum Gasteiger partial charge on any atom is -0.545 e. The predicted molar refractivity (Wildman–Crippen MR) is 90.1 cm³/mol. The van der Waals surface area contributed by atoms with Crippen molar-refractivity contribution in [1.29, 1.82) is 0 Å². The van der Waals surface area contributed by atoms with Crippen molar-refractivity contribution in [3.05, 3.63) is 53.7 Å². The lowest BCUT2D eigenvalue weighted by atomic mass is 10.1. The fraction of sp³-hybridized carbons (Fsp3) is 0.211. The first-order valence-electron chi connectivity index (χ1n) is 7.70. The van der Waals surface area contributed by atoms with Crippen LogP contribution in [-0.4, -0.2) is 24.3 Å². The van der Waals surface area contributed by atoms with E-state index in [4.69, 9.17) is 9.47 Å². The number of carbonyl (C=O) groups is 1. The number of hydrogen-bond acceptors (Lipinski definition) is 4. The van der Waals surface area contributed by atoms with E-state index in [0.717, 1.165) is 17.0 Å². The summed E-state index contributed by atoms with van der Waals surface area (Å²) < 4.78 is 12.6. The van der Waals surface area contributed by atoms with Gasteiger partial charge in [-0.1, -0.05) is 0 Å². The molecule has 0 radical (unpaired) electrons. The van der Waals surface area contributed by atoms with Gasteiger partial charge in [-0.2, -0.15) is 0 Å². The highest BCUT2D eigenvalue weighted by atomic mass is 16.5. The number of aromatic nitrogens is 1. The number of benzene rings is 2. The van der Waals surface area contributed by atoms with Gasteiger partial charge in [0.25, 0.3) is 0 Å². The van der Waals surface area contributed by atoms with Gasteiger partial charge < -0.3 is 23.9 Å². The Labute approximate surface area is 140 Å². The SMILES string of the molecule is CCOc1ccc(-n2c(C)c(C(=O)[O-])c3cc(OC)ccc32)cc1. The Morgan fingerprint density at radius 3 is 2.38 bits per heavy atom. The largest absolute Gasteiger partial charge is 0.545 e. The minimum absolute atomic E-state index is 0.179. The van der Waals surface area contributed by atoms with Crippen molar-refractivity contribution in [1.82, 2.24) is 4.57 Å². The number of carboxylic acid groups (broad SMARTS) is 1. The van der Waals surface area contributed by atoms with Crippen LogP contribution in [0.3, 0.4) is 0 Å². The van der Waals surface area contributed by atoms with Crippen LogP contribution >= 0.6 is 0 Å². The molecular formula is C19H18NO4-. The molecule has 0 aliphatic carbocycles. The number of carboxylic acids is 1. The summed E-state index contributed by atoms with van der Waals surface area (Å²) in [4.78, 5) is 11.6. The van der Waals surface area contributed by atoms with E-state index in [1.807, 2.05) is 47.9 Å². The van der Waals surface area contributed by atoms with Crippen LogP contribution in [0.2, 0.25) is 0 Å². The van der Waals surface area contributed by atoms with Gasteiger partial charge in [-0.25, -0.2) is 0 Å². The van der Waals surface area contributed by atoms with Crippen LogP contribution in [-0.2, 0) is 0 Å². The van der Waals surface area contributed by atoms with Crippen LogP contribution in [0.25, 0.3) is 16.6 Å². The predicted octanol–water partition coefficient (Wildman–Crippen LogP) is 2.71. The number of ether oxygens (including phenoxy) is 2. The highest BCUT2D eigenvalue weighted by molar-refractivity contribution is 6.05. The van der Waals surface area contributed by atoms with Crippen molar-refractivity contribution in [2.75, 3.05) is 13.7 Å². The Balaban J connectivity index is 2.24. The third kappa shape index (κ3) is 2.58. The smallest absolute Gasteiger partial charge is 0.119 e. The Kier molecular flexibility index (Phi) is 4.16. The maximum Gasteiger partial charge on any atom is 0.119 e. The highest BCUT2D eigenvalue weighted by Crippen LogP contribution is 2.32. The van der Waals surface area contributed by atoms with Gasteiger partial charge >= 0.3 is 0 Å². The molecule has 5 heteroatoms. The second-order valence-corrected chi connectivity index (χ2v) is 5.39. The summed E-state index contributed by atoms with van der Waals surface area (Å²) in [6.45, 7) is 4.30. The lowest BCUT2D eigenvalue weighted by molar-refractivity contribution is -0.254. The van der Waals surface area contributed by atoms with Gasteiger partial charge in [-0.05, 0) is 56.3 Å². The van der Waals surface area contributed by atoms with Crippen molar-refractivity contribution < 1.29 is 19.4 Å². The van der Waals surface area contributed by atoms with Crippen LogP contribution in [0, 0.1) is 6.92 Å². The third-order valence-corrected chi connectivity index (χ3v) is 4.02. The summed E-state index contributed by atoms with van der Waals surface area (Å²) in [5, 5.41) is 12.2. The van der Waals surface area contributed by atoms with Crippen LogP contribution < -0.4 is 14.6 Å². The Morgan fingerprint density at radius 2 is 1.79 bits per heavy atom. The number of hydrogen-bond donors (Lipinski definition) is 0. The topological polar surface area (TPSA) is 63.5 Å². The van der Waals surface area contributed by atoms with Gasteiger partial charge in [0, 0.05) is 22.3 Å². The summed E-state index contributed by atoms with van der Waals surface area (Å²) >= 11 is 0. The molecule has 0 saturated carbocycles. The van der Waals surface area contributed by atoms with Crippen molar-refractivity contribution in [3.8, 4) is 17.2 Å². The molecule has 1 aromatic heterocycles. The Bertz CT molecular complexity index is 894. The number of fused-ring (bicyclic) bond motifs is 1. The maximum atomic E-state index is 11.6. The molecule has 0 fully saturated rings. The minimum atomic E-state index is -1.20. The van der Waals surface area contributed by atoms with Gasteiger partial charge in [-0.3, -0.25) is 0 Å². The molecule has 0 unspecified atom stereocenters. The zero-order valence-electron chi connectivity index (χ0n) is 13.8. The maximum absolute atomic E-state index is 11.6.